The normalized spacial score (nSPS) is 12.9. The van der Waals surface area contributed by atoms with Gasteiger partial charge in [0.2, 0.25) is 0 Å². The van der Waals surface area contributed by atoms with Gasteiger partial charge in [-0.2, -0.15) is 0 Å². The first-order valence-electron chi connectivity index (χ1n) is 5.78. The molecule has 0 fully saturated rings. The lowest BCUT2D eigenvalue weighted by Crippen LogP contribution is -2.42. The van der Waals surface area contributed by atoms with Crippen LogP contribution in [-0.2, 0) is 0 Å². The molecule has 0 aliphatic carbocycles. The van der Waals surface area contributed by atoms with Gasteiger partial charge >= 0.3 is 6.09 Å². The van der Waals surface area contributed by atoms with Crippen LogP contribution in [0.2, 0.25) is 0 Å². The molecule has 0 aliphatic heterocycles. The molecule has 5 heteroatoms. The molecule has 0 spiro atoms. The Morgan fingerprint density at radius 3 is 2.72 bits per heavy atom. The van der Waals surface area contributed by atoms with Crippen molar-refractivity contribution in [2.45, 2.75) is 32.4 Å². The Morgan fingerprint density at radius 2 is 2.17 bits per heavy atom. The van der Waals surface area contributed by atoms with Gasteiger partial charge < -0.3 is 20.9 Å². The Hall–Kier alpha value is -1.59. The summed E-state index contributed by atoms with van der Waals surface area (Å²) in [5.41, 5.74) is 6.06. The van der Waals surface area contributed by atoms with Crippen molar-refractivity contribution in [2.24, 2.45) is 5.73 Å². The third-order valence-corrected chi connectivity index (χ3v) is 2.17. The van der Waals surface area contributed by atoms with Crippen LogP contribution in [0, 0.1) is 0 Å². The average molecular weight is 252 g/mol. The minimum absolute atomic E-state index is 0.155. The maximum absolute atomic E-state index is 11.6. The molecular formula is C13H20N2O3. The molecule has 1 amide bonds. The second kappa shape index (κ2) is 5.84. The highest BCUT2D eigenvalue weighted by Gasteiger charge is 2.15. The zero-order valence-corrected chi connectivity index (χ0v) is 10.9. The number of nitrogens with two attached hydrogens (primary N) is 1. The van der Waals surface area contributed by atoms with Gasteiger partial charge in [0.05, 0.1) is 12.6 Å². The summed E-state index contributed by atoms with van der Waals surface area (Å²) in [7, 11) is 0. The number of aliphatic hydroxyl groups is 1. The van der Waals surface area contributed by atoms with E-state index in [9.17, 15) is 4.79 Å². The SMILES string of the molecule is CC(C)(C)NC(=O)Oc1cccc([C@H](N)CO)c1. The minimum atomic E-state index is -0.516. The fourth-order valence-electron chi connectivity index (χ4n) is 1.35. The first kappa shape index (κ1) is 14.5. The van der Waals surface area contributed by atoms with Crippen molar-refractivity contribution in [1.82, 2.24) is 5.32 Å². The fraction of sp³-hybridized carbons (Fsp3) is 0.462. The highest BCUT2D eigenvalue weighted by Crippen LogP contribution is 2.18. The van der Waals surface area contributed by atoms with E-state index in [0.717, 1.165) is 5.56 Å². The van der Waals surface area contributed by atoms with Gasteiger partial charge in [-0.25, -0.2) is 4.79 Å². The average Bonchev–Trinajstić information content (AvgIpc) is 2.25. The Kier molecular flexibility index (Phi) is 4.69. The summed E-state index contributed by atoms with van der Waals surface area (Å²) in [5, 5.41) is 11.7. The number of hydrogen-bond acceptors (Lipinski definition) is 4. The lowest BCUT2D eigenvalue weighted by Gasteiger charge is -2.20. The minimum Gasteiger partial charge on any atom is -0.410 e. The molecule has 4 N–H and O–H groups in total. The summed E-state index contributed by atoms with van der Waals surface area (Å²) < 4.78 is 5.14. The van der Waals surface area contributed by atoms with Gasteiger partial charge in [0.15, 0.2) is 0 Å². The largest absolute Gasteiger partial charge is 0.413 e. The molecule has 1 aromatic carbocycles. The van der Waals surface area contributed by atoms with E-state index < -0.39 is 12.1 Å². The van der Waals surface area contributed by atoms with E-state index in [0.29, 0.717) is 5.75 Å². The zero-order chi connectivity index (χ0) is 13.8. The molecule has 0 saturated heterocycles. The second-order valence-corrected chi connectivity index (χ2v) is 5.13. The number of amides is 1. The number of carbonyl (C=O) groups excluding carboxylic acids is 1. The van der Waals surface area contributed by atoms with Crippen molar-refractivity contribution in [3.63, 3.8) is 0 Å². The maximum atomic E-state index is 11.6. The molecular weight excluding hydrogens is 232 g/mol. The summed E-state index contributed by atoms with van der Waals surface area (Å²) >= 11 is 0. The van der Waals surface area contributed by atoms with Crippen LogP contribution in [0.15, 0.2) is 24.3 Å². The summed E-state index contributed by atoms with van der Waals surface area (Å²) in [5.74, 6) is 0.401. The molecule has 0 aromatic heterocycles. The molecule has 18 heavy (non-hydrogen) atoms. The van der Waals surface area contributed by atoms with Gasteiger partial charge in [0, 0.05) is 5.54 Å². The topological polar surface area (TPSA) is 84.6 Å². The van der Waals surface area contributed by atoms with Gasteiger partial charge in [0.25, 0.3) is 0 Å². The highest BCUT2D eigenvalue weighted by atomic mass is 16.6. The van der Waals surface area contributed by atoms with Gasteiger partial charge in [0.1, 0.15) is 5.75 Å². The first-order chi connectivity index (χ1) is 8.31. The van der Waals surface area contributed by atoms with Crippen molar-refractivity contribution in [3.8, 4) is 5.75 Å². The van der Waals surface area contributed by atoms with Crippen LogP contribution in [0.1, 0.15) is 32.4 Å². The summed E-state index contributed by atoms with van der Waals surface area (Å²) in [6.07, 6.45) is -0.516. The van der Waals surface area contributed by atoms with E-state index in [4.69, 9.17) is 15.6 Å². The van der Waals surface area contributed by atoms with Crippen molar-refractivity contribution in [2.75, 3.05) is 6.61 Å². The van der Waals surface area contributed by atoms with Crippen LogP contribution in [-0.4, -0.2) is 23.3 Å². The monoisotopic (exact) mass is 252 g/mol. The Labute approximate surface area is 107 Å². The maximum Gasteiger partial charge on any atom is 0.413 e. The molecule has 0 heterocycles. The number of carbonyl (C=O) groups is 1. The number of ether oxygens (including phenoxy) is 1. The molecule has 1 atom stereocenters. The molecule has 100 valence electrons. The predicted octanol–water partition coefficient (Wildman–Crippen LogP) is 1.57. The third-order valence-electron chi connectivity index (χ3n) is 2.17. The van der Waals surface area contributed by atoms with E-state index in [1.165, 1.54) is 0 Å². The molecule has 5 nitrogen and oxygen atoms in total. The summed E-state index contributed by atoms with van der Waals surface area (Å²) in [4.78, 5) is 11.6. The van der Waals surface area contributed by atoms with Crippen molar-refractivity contribution in [1.29, 1.82) is 0 Å². The molecule has 1 aromatic rings. The van der Waals surface area contributed by atoms with Crippen LogP contribution in [0.5, 0.6) is 5.75 Å². The summed E-state index contributed by atoms with van der Waals surface area (Å²) in [6.45, 7) is 5.45. The van der Waals surface area contributed by atoms with E-state index in [1.807, 2.05) is 20.8 Å². The van der Waals surface area contributed by atoms with Crippen LogP contribution >= 0.6 is 0 Å². The molecule has 1 rings (SSSR count). The predicted molar refractivity (Wildman–Crippen MR) is 69.4 cm³/mol. The van der Waals surface area contributed by atoms with E-state index in [2.05, 4.69) is 5.32 Å². The molecule has 0 unspecified atom stereocenters. The quantitative estimate of drug-likeness (QED) is 0.762. The van der Waals surface area contributed by atoms with Crippen LogP contribution in [0.25, 0.3) is 0 Å². The molecule has 0 aliphatic rings. The number of benzene rings is 1. The number of nitrogens with one attached hydrogen (secondary N) is 1. The smallest absolute Gasteiger partial charge is 0.410 e. The lowest BCUT2D eigenvalue weighted by atomic mass is 10.1. The standard InChI is InChI=1S/C13H20N2O3/c1-13(2,3)15-12(17)18-10-6-4-5-9(7-10)11(14)8-16/h4-7,11,16H,8,14H2,1-3H3,(H,15,17)/t11-/m1/s1. The van der Waals surface area contributed by atoms with E-state index in [1.54, 1.807) is 24.3 Å². The Morgan fingerprint density at radius 1 is 1.50 bits per heavy atom. The van der Waals surface area contributed by atoms with Crippen molar-refractivity contribution in [3.05, 3.63) is 29.8 Å². The van der Waals surface area contributed by atoms with Gasteiger partial charge in [-0.1, -0.05) is 12.1 Å². The van der Waals surface area contributed by atoms with E-state index >= 15 is 0 Å². The number of rotatable bonds is 3. The van der Waals surface area contributed by atoms with Gasteiger partial charge in [-0.05, 0) is 38.5 Å². The Balaban J connectivity index is 2.71. The van der Waals surface area contributed by atoms with Gasteiger partial charge in [-0.3, -0.25) is 0 Å². The number of hydrogen-bond donors (Lipinski definition) is 3. The fourth-order valence-corrected chi connectivity index (χ4v) is 1.35. The molecule has 0 radical (unpaired) electrons. The van der Waals surface area contributed by atoms with Crippen molar-refractivity contribution < 1.29 is 14.6 Å². The summed E-state index contributed by atoms with van der Waals surface area (Å²) in [6, 6.07) is 6.33. The van der Waals surface area contributed by atoms with Crippen LogP contribution in [0.4, 0.5) is 4.79 Å². The number of aliphatic hydroxyl groups excluding tert-OH is 1. The zero-order valence-electron chi connectivity index (χ0n) is 10.9. The first-order valence-corrected chi connectivity index (χ1v) is 5.78. The van der Waals surface area contributed by atoms with Gasteiger partial charge in [-0.15, -0.1) is 0 Å². The lowest BCUT2D eigenvalue weighted by molar-refractivity contribution is 0.190. The molecule has 0 bridgehead atoms. The van der Waals surface area contributed by atoms with Crippen LogP contribution < -0.4 is 15.8 Å². The van der Waals surface area contributed by atoms with Crippen LogP contribution in [0.3, 0.4) is 0 Å². The van der Waals surface area contributed by atoms with E-state index in [-0.39, 0.29) is 12.1 Å². The molecule has 0 saturated carbocycles. The third kappa shape index (κ3) is 4.73. The highest BCUT2D eigenvalue weighted by molar-refractivity contribution is 5.71. The van der Waals surface area contributed by atoms with Crippen molar-refractivity contribution >= 4 is 6.09 Å². The Bertz CT molecular complexity index is 413. The second-order valence-electron chi connectivity index (χ2n) is 5.13.